The fourth-order valence-corrected chi connectivity index (χ4v) is 5.78. The van der Waals surface area contributed by atoms with Crippen LogP contribution in [0.4, 0.5) is 0 Å². The Labute approximate surface area is 128 Å². The largest absolute Gasteiger partial charge is 0.250 e. The van der Waals surface area contributed by atoms with Gasteiger partial charge in [-0.25, -0.2) is 13.1 Å². The lowest BCUT2D eigenvalue weighted by molar-refractivity contribution is 0.290. The van der Waals surface area contributed by atoms with E-state index in [9.17, 15) is 8.42 Å². The number of nitrogens with one attached hydrogen (secondary N) is 1. The lowest BCUT2D eigenvalue weighted by atomic mass is 9.83. The summed E-state index contributed by atoms with van der Waals surface area (Å²) < 4.78 is 28.4. The highest BCUT2D eigenvalue weighted by atomic mass is 79.9. The molecule has 1 saturated carbocycles. The van der Waals surface area contributed by atoms with Gasteiger partial charge in [-0.3, -0.25) is 0 Å². The van der Waals surface area contributed by atoms with Gasteiger partial charge in [0, 0.05) is 6.54 Å². The van der Waals surface area contributed by atoms with Crippen LogP contribution < -0.4 is 4.72 Å². The molecular formula is C13H20BrNO2S2. The predicted molar refractivity (Wildman–Crippen MR) is 83.1 cm³/mol. The minimum Gasteiger partial charge on any atom is -0.210 e. The number of aryl methyl sites for hydroxylation is 1. The third kappa shape index (κ3) is 4.03. The molecule has 2 rings (SSSR count). The van der Waals surface area contributed by atoms with Crippen molar-refractivity contribution in [3.63, 3.8) is 0 Å². The van der Waals surface area contributed by atoms with E-state index >= 15 is 0 Å². The topological polar surface area (TPSA) is 46.2 Å². The number of hydrogen-bond donors (Lipinski definition) is 1. The van der Waals surface area contributed by atoms with E-state index < -0.39 is 10.0 Å². The van der Waals surface area contributed by atoms with E-state index in [4.69, 9.17) is 0 Å². The van der Waals surface area contributed by atoms with Crippen LogP contribution in [0, 0.1) is 18.8 Å². The molecule has 0 aliphatic heterocycles. The summed E-state index contributed by atoms with van der Waals surface area (Å²) in [6.45, 7) is 4.75. The molecule has 1 aromatic rings. The molecule has 0 unspecified atom stereocenters. The zero-order valence-electron chi connectivity index (χ0n) is 11.3. The van der Waals surface area contributed by atoms with Gasteiger partial charge in [0.25, 0.3) is 0 Å². The zero-order valence-corrected chi connectivity index (χ0v) is 14.5. The van der Waals surface area contributed by atoms with E-state index in [0.29, 0.717) is 16.7 Å². The molecule has 1 aromatic heterocycles. The second-order valence-electron chi connectivity index (χ2n) is 5.50. The molecule has 6 heteroatoms. The van der Waals surface area contributed by atoms with E-state index in [-0.39, 0.29) is 0 Å². The van der Waals surface area contributed by atoms with Crippen molar-refractivity contribution in [2.45, 2.75) is 43.7 Å². The van der Waals surface area contributed by atoms with Gasteiger partial charge >= 0.3 is 0 Å². The Balaban J connectivity index is 1.94. The Morgan fingerprint density at radius 2 is 2.00 bits per heavy atom. The maximum atomic E-state index is 12.2. The molecular weight excluding hydrogens is 346 g/mol. The van der Waals surface area contributed by atoms with Gasteiger partial charge in [-0.05, 0) is 59.2 Å². The molecule has 19 heavy (non-hydrogen) atoms. The number of rotatable bonds is 4. The van der Waals surface area contributed by atoms with Crippen LogP contribution in [-0.2, 0) is 10.0 Å². The maximum Gasteiger partial charge on any atom is 0.250 e. The van der Waals surface area contributed by atoms with Crippen LogP contribution >= 0.6 is 27.3 Å². The summed E-state index contributed by atoms with van der Waals surface area (Å²) in [7, 11) is -3.34. The summed E-state index contributed by atoms with van der Waals surface area (Å²) in [6.07, 6.45) is 4.71. The summed E-state index contributed by atoms with van der Waals surface area (Å²) in [4.78, 5) is 0. The van der Waals surface area contributed by atoms with E-state index in [0.717, 1.165) is 28.1 Å². The molecule has 1 N–H and O–H groups in total. The quantitative estimate of drug-likeness (QED) is 0.878. The second kappa shape index (κ2) is 6.24. The summed E-state index contributed by atoms with van der Waals surface area (Å²) in [5.74, 6) is 1.29. The Morgan fingerprint density at radius 3 is 2.53 bits per heavy atom. The number of sulfonamides is 1. The van der Waals surface area contributed by atoms with Crippen molar-refractivity contribution in [1.29, 1.82) is 0 Å². The van der Waals surface area contributed by atoms with Crippen molar-refractivity contribution in [1.82, 2.24) is 4.72 Å². The van der Waals surface area contributed by atoms with Crippen molar-refractivity contribution in [2.24, 2.45) is 11.8 Å². The highest BCUT2D eigenvalue weighted by Crippen LogP contribution is 2.31. The van der Waals surface area contributed by atoms with Crippen molar-refractivity contribution in [2.75, 3.05) is 6.54 Å². The monoisotopic (exact) mass is 365 g/mol. The molecule has 0 aromatic carbocycles. The SMILES string of the molecule is Cc1cc(S(=O)(=O)NCC2CCC(C)CC2)sc1Br. The predicted octanol–water partition coefficient (Wildman–Crippen LogP) is 3.92. The van der Waals surface area contributed by atoms with Crippen LogP contribution in [0.15, 0.2) is 14.1 Å². The molecule has 1 aliphatic rings. The van der Waals surface area contributed by atoms with Gasteiger partial charge in [-0.15, -0.1) is 11.3 Å². The normalized spacial score (nSPS) is 24.6. The molecule has 3 nitrogen and oxygen atoms in total. The summed E-state index contributed by atoms with van der Waals surface area (Å²) in [5, 5.41) is 0. The smallest absolute Gasteiger partial charge is 0.210 e. The fraction of sp³-hybridized carbons (Fsp3) is 0.692. The van der Waals surface area contributed by atoms with Crippen LogP contribution in [0.25, 0.3) is 0 Å². The summed E-state index contributed by atoms with van der Waals surface area (Å²) in [5.41, 5.74) is 0.969. The van der Waals surface area contributed by atoms with Gasteiger partial charge in [0.2, 0.25) is 10.0 Å². The number of hydrogen-bond acceptors (Lipinski definition) is 3. The molecule has 1 aliphatic carbocycles. The van der Waals surface area contributed by atoms with Crippen LogP contribution in [0.2, 0.25) is 0 Å². The van der Waals surface area contributed by atoms with Gasteiger partial charge < -0.3 is 0 Å². The first kappa shape index (κ1) is 15.5. The molecule has 1 fully saturated rings. The molecule has 0 amide bonds. The number of halogens is 1. The molecule has 0 radical (unpaired) electrons. The minimum atomic E-state index is -3.34. The Hall–Kier alpha value is 0.0900. The molecule has 0 atom stereocenters. The summed E-state index contributed by atoms with van der Waals surface area (Å²) in [6, 6.07) is 1.72. The van der Waals surface area contributed by atoms with Crippen LogP contribution in [0.3, 0.4) is 0 Å². The van der Waals surface area contributed by atoms with Crippen molar-refractivity contribution in [3.05, 3.63) is 15.4 Å². The van der Waals surface area contributed by atoms with Crippen LogP contribution in [-0.4, -0.2) is 15.0 Å². The highest BCUT2D eigenvalue weighted by molar-refractivity contribution is 9.11. The molecule has 0 bridgehead atoms. The highest BCUT2D eigenvalue weighted by Gasteiger charge is 2.22. The molecule has 0 saturated heterocycles. The standard InChI is InChI=1S/C13H20BrNO2S2/c1-9-3-5-11(6-4-9)8-15-19(16,17)12-7-10(2)13(14)18-12/h7,9,11,15H,3-6,8H2,1-2H3. The first-order chi connectivity index (χ1) is 8.88. The molecule has 0 spiro atoms. The molecule has 1 heterocycles. The average molecular weight is 366 g/mol. The van der Waals surface area contributed by atoms with Crippen molar-refractivity contribution >= 4 is 37.3 Å². The van der Waals surface area contributed by atoms with E-state index in [1.54, 1.807) is 6.07 Å². The van der Waals surface area contributed by atoms with Gasteiger partial charge in [-0.1, -0.05) is 19.8 Å². The number of thiophene rings is 1. The first-order valence-electron chi connectivity index (χ1n) is 6.64. The third-order valence-corrected chi connectivity index (χ3v) is 7.83. The first-order valence-corrected chi connectivity index (χ1v) is 9.73. The van der Waals surface area contributed by atoms with Crippen molar-refractivity contribution < 1.29 is 8.42 Å². The van der Waals surface area contributed by atoms with E-state index in [1.165, 1.54) is 24.2 Å². The van der Waals surface area contributed by atoms with Gasteiger partial charge in [-0.2, -0.15) is 0 Å². The lowest BCUT2D eigenvalue weighted by Gasteiger charge is -2.26. The van der Waals surface area contributed by atoms with E-state index in [2.05, 4.69) is 27.6 Å². The Kier molecular flexibility index (Phi) is 5.09. The van der Waals surface area contributed by atoms with Crippen molar-refractivity contribution in [3.8, 4) is 0 Å². The second-order valence-corrected chi connectivity index (χ2v) is 9.86. The van der Waals surface area contributed by atoms with E-state index in [1.807, 2.05) is 6.92 Å². The van der Waals surface area contributed by atoms with Gasteiger partial charge in [0.15, 0.2) is 0 Å². The molecule has 108 valence electrons. The zero-order chi connectivity index (χ0) is 14.0. The lowest BCUT2D eigenvalue weighted by Crippen LogP contribution is -2.30. The Bertz CT molecular complexity index is 511. The van der Waals surface area contributed by atoms with Gasteiger partial charge in [0.1, 0.15) is 4.21 Å². The van der Waals surface area contributed by atoms with Crippen LogP contribution in [0.1, 0.15) is 38.2 Å². The Morgan fingerprint density at radius 1 is 1.37 bits per heavy atom. The minimum absolute atomic E-state index is 0.404. The average Bonchev–Trinajstić information content (AvgIpc) is 2.70. The summed E-state index contributed by atoms with van der Waals surface area (Å²) >= 11 is 4.64. The van der Waals surface area contributed by atoms with Crippen LogP contribution in [0.5, 0.6) is 0 Å². The fourth-order valence-electron chi connectivity index (χ4n) is 2.40. The van der Waals surface area contributed by atoms with Gasteiger partial charge in [0.05, 0.1) is 3.79 Å². The third-order valence-electron chi connectivity index (χ3n) is 3.80. The maximum absolute atomic E-state index is 12.2.